The van der Waals surface area contributed by atoms with Crippen molar-refractivity contribution >= 4 is 66.9 Å². The number of rotatable bonds is 7. The summed E-state index contributed by atoms with van der Waals surface area (Å²) in [5, 5.41) is 12.7. The van der Waals surface area contributed by atoms with E-state index < -0.39 is 16.0 Å². The van der Waals surface area contributed by atoms with Gasteiger partial charge in [0, 0.05) is 5.02 Å². The molecule has 3 rings (SSSR count). The zero-order chi connectivity index (χ0) is 25.8. The van der Waals surface area contributed by atoms with Gasteiger partial charge >= 0.3 is 10.1 Å². The summed E-state index contributed by atoms with van der Waals surface area (Å²) in [4.78, 5) is 12.6. The van der Waals surface area contributed by atoms with E-state index in [1.807, 2.05) is 13.0 Å². The lowest BCUT2D eigenvalue weighted by Gasteiger charge is -2.14. The maximum Gasteiger partial charge on any atom is 0.339 e. The molecule has 0 aromatic heterocycles. The Morgan fingerprint density at radius 2 is 1.80 bits per heavy atom. The molecule has 0 atom stereocenters. The van der Waals surface area contributed by atoms with Gasteiger partial charge in [-0.3, -0.25) is 4.79 Å². The van der Waals surface area contributed by atoms with Crippen LogP contribution in [0.25, 0.3) is 6.08 Å². The first kappa shape index (κ1) is 26.6. The molecular weight excluding hydrogens is 579 g/mol. The number of carbonyl (C=O) groups excluding carboxylic acids is 1. The van der Waals surface area contributed by atoms with Gasteiger partial charge in [0.1, 0.15) is 16.5 Å². The lowest BCUT2D eigenvalue weighted by molar-refractivity contribution is -0.112. The number of amides is 1. The molecular formula is C24H17BrCl2N2O5S. The van der Waals surface area contributed by atoms with E-state index >= 15 is 0 Å². The van der Waals surface area contributed by atoms with Gasteiger partial charge in [0.05, 0.1) is 22.3 Å². The van der Waals surface area contributed by atoms with Gasteiger partial charge in [-0.2, -0.15) is 13.7 Å². The predicted octanol–water partition coefficient (Wildman–Crippen LogP) is 6.39. The molecule has 11 heteroatoms. The first-order chi connectivity index (χ1) is 16.5. The molecule has 0 aliphatic heterocycles. The third-order valence-corrected chi connectivity index (χ3v) is 7.00. The van der Waals surface area contributed by atoms with E-state index in [1.165, 1.54) is 49.6 Å². The highest BCUT2D eigenvalue weighted by atomic mass is 79.9. The molecule has 7 nitrogen and oxygen atoms in total. The van der Waals surface area contributed by atoms with Crippen molar-refractivity contribution in [2.75, 3.05) is 12.4 Å². The summed E-state index contributed by atoms with van der Waals surface area (Å²) in [6.45, 7) is 1.84. The van der Waals surface area contributed by atoms with Crippen molar-refractivity contribution in [2.24, 2.45) is 0 Å². The Morgan fingerprint density at radius 3 is 2.43 bits per heavy atom. The minimum atomic E-state index is -4.15. The van der Waals surface area contributed by atoms with E-state index in [0.29, 0.717) is 10.6 Å². The number of hydrogen-bond donors (Lipinski definition) is 1. The Labute approximate surface area is 221 Å². The average Bonchev–Trinajstić information content (AvgIpc) is 2.81. The number of nitriles is 1. The number of aryl methyl sites for hydroxylation is 1. The largest absolute Gasteiger partial charge is 0.493 e. The zero-order valence-electron chi connectivity index (χ0n) is 18.3. The zero-order valence-corrected chi connectivity index (χ0v) is 22.2. The summed E-state index contributed by atoms with van der Waals surface area (Å²) in [6, 6.07) is 15.5. The molecule has 3 aromatic rings. The number of benzene rings is 3. The highest BCUT2D eigenvalue weighted by molar-refractivity contribution is 9.10. The lowest BCUT2D eigenvalue weighted by atomic mass is 10.1. The maximum atomic E-state index is 12.7. The molecule has 0 unspecified atom stereocenters. The van der Waals surface area contributed by atoms with Gasteiger partial charge in [0.2, 0.25) is 0 Å². The molecule has 0 heterocycles. The Morgan fingerprint density at radius 1 is 1.11 bits per heavy atom. The molecule has 0 spiro atoms. The van der Waals surface area contributed by atoms with Gasteiger partial charge < -0.3 is 14.2 Å². The topological polar surface area (TPSA) is 105 Å². The SMILES string of the molecule is COc1cc(/C=C(/C#N)C(=O)Nc2cc(Cl)ccc2Cl)cc(Br)c1OS(=O)(=O)c1ccc(C)cc1. The van der Waals surface area contributed by atoms with Crippen LogP contribution < -0.4 is 14.2 Å². The summed E-state index contributed by atoms with van der Waals surface area (Å²) in [5.41, 5.74) is 1.27. The van der Waals surface area contributed by atoms with Crippen molar-refractivity contribution < 1.29 is 22.1 Å². The molecule has 0 radical (unpaired) electrons. The molecule has 180 valence electrons. The van der Waals surface area contributed by atoms with Crippen LogP contribution >= 0.6 is 39.1 Å². The Hall–Kier alpha value is -3.03. The van der Waals surface area contributed by atoms with Crippen LogP contribution in [0.1, 0.15) is 11.1 Å². The van der Waals surface area contributed by atoms with Crippen LogP contribution in [0.4, 0.5) is 5.69 Å². The number of ether oxygens (including phenoxy) is 1. The molecule has 0 fully saturated rings. The second kappa shape index (κ2) is 11.1. The minimum absolute atomic E-state index is 0.0239. The summed E-state index contributed by atoms with van der Waals surface area (Å²) >= 11 is 15.3. The smallest absolute Gasteiger partial charge is 0.339 e. The van der Waals surface area contributed by atoms with Gasteiger partial charge in [-0.1, -0.05) is 40.9 Å². The first-order valence-corrected chi connectivity index (χ1v) is 12.8. The van der Waals surface area contributed by atoms with Crippen LogP contribution in [0.3, 0.4) is 0 Å². The monoisotopic (exact) mass is 594 g/mol. The van der Waals surface area contributed by atoms with Crippen molar-refractivity contribution in [1.82, 2.24) is 0 Å². The van der Waals surface area contributed by atoms with Gasteiger partial charge in [-0.25, -0.2) is 0 Å². The fourth-order valence-corrected chi connectivity index (χ4v) is 4.81. The Bertz CT molecular complexity index is 1470. The van der Waals surface area contributed by atoms with Crippen molar-refractivity contribution in [1.29, 1.82) is 5.26 Å². The highest BCUT2D eigenvalue weighted by Gasteiger charge is 2.22. The van der Waals surface area contributed by atoms with Crippen molar-refractivity contribution in [3.63, 3.8) is 0 Å². The second-order valence-corrected chi connectivity index (χ2v) is 10.4. The average molecular weight is 596 g/mol. The molecule has 0 aliphatic carbocycles. The fraction of sp³-hybridized carbons (Fsp3) is 0.0833. The van der Waals surface area contributed by atoms with E-state index in [9.17, 15) is 18.5 Å². The minimum Gasteiger partial charge on any atom is -0.493 e. The first-order valence-electron chi connectivity index (χ1n) is 9.81. The second-order valence-electron chi connectivity index (χ2n) is 7.13. The third-order valence-electron chi connectivity index (χ3n) is 4.61. The van der Waals surface area contributed by atoms with Gasteiger partial charge in [-0.05, 0) is 77.0 Å². The number of anilines is 1. The fourth-order valence-electron chi connectivity index (χ4n) is 2.86. The van der Waals surface area contributed by atoms with Gasteiger partial charge in [0.15, 0.2) is 11.5 Å². The number of methoxy groups -OCH3 is 1. The van der Waals surface area contributed by atoms with Gasteiger partial charge in [0.25, 0.3) is 5.91 Å². The highest BCUT2D eigenvalue weighted by Crippen LogP contribution is 2.39. The van der Waals surface area contributed by atoms with Crippen LogP contribution in [-0.4, -0.2) is 21.4 Å². The summed E-state index contributed by atoms with van der Waals surface area (Å²) < 4.78 is 36.3. The molecule has 35 heavy (non-hydrogen) atoms. The molecule has 0 bridgehead atoms. The molecule has 3 aromatic carbocycles. The van der Waals surface area contributed by atoms with Crippen LogP contribution in [-0.2, 0) is 14.9 Å². The van der Waals surface area contributed by atoms with E-state index in [-0.39, 0.29) is 37.2 Å². The molecule has 0 aliphatic rings. The predicted molar refractivity (Wildman–Crippen MR) is 138 cm³/mol. The number of hydrogen-bond acceptors (Lipinski definition) is 6. The van der Waals surface area contributed by atoms with E-state index in [0.717, 1.165) is 5.56 Å². The number of nitrogens with one attached hydrogen (secondary N) is 1. The molecule has 1 amide bonds. The third kappa shape index (κ3) is 6.55. The van der Waals surface area contributed by atoms with Crippen LogP contribution in [0.5, 0.6) is 11.5 Å². The summed E-state index contributed by atoms with van der Waals surface area (Å²) in [6.07, 6.45) is 1.30. The van der Waals surface area contributed by atoms with Crippen molar-refractivity contribution in [3.05, 3.63) is 85.8 Å². The normalized spacial score (nSPS) is 11.5. The van der Waals surface area contributed by atoms with Crippen molar-refractivity contribution in [2.45, 2.75) is 11.8 Å². The summed E-state index contributed by atoms with van der Waals surface area (Å²) in [5.74, 6) is -0.732. The number of nitrogens with zero attached hydrogens (tertiary/aromatic N) is 1. The molecule has 1 N–H and O–H groups in total. The Balaban J connectivity index is 1.92. The van der Waals surface area contributed by atoms with Crippen LogP contribution in [0.2, 0.25) is 10.0 Å². The number of carbonyl (C=O) groups is 1. The van der Waals surface area contributed by atoms with E-state index in [2.05, 4.69) is 21.2 Å². The maximum absolute atomic E-state index is 12.7. The number of halogens is 3. The quantitative estimate of drug-likeness (QED) is 0.193. The van der Waals surface area contributed by atoms with E-state index in [1.54, 1.807) is 18.2 Å². The molecule has 0 saturated heterocycles. The van der Waals surface area contributed by atoms with Crippen LogP contribution in [0.15, 0.2) is 69.5 Å². The van der Waals surface area contributed by atoms with Gasteiger partial charge in [-0.15, -0.1) is 0 Å². The van der Waals surface area contributed by atoms with Crippen molar-refractivity contribution in [3.8, 4) is 17.6 Å². The molecule has 0 saturated carbocycles. The van der Waals surface area contributed by atoms with Crippen LogP contribution in [0, 0.1) is 18.3 Å². The standard InChI is InChI=1S/C24H17BrCl2N2O5S/c1-14-3-6-18(7-4-14)35(31,32)34-23-19(25)10-15(11-22(23)33-2)9-16(13-28)24(30)29-21-12-17(26)5-8-20(21)27/h3-12H,1-2H3,(H,29,30)/b16-9-. The Kier molecular flexibility index (Phi) is 8.46. The lowest BCUT2D eigenvalue weighted by Crippen LogP contribution is -2.14. The summed E-state index contributed by atoms with van der Waals surface area (Å²) in [7, 11) is -2.81. The van der Waals surface area contributed by atoms with E-state index in [4.69, 9.17) is 32.1 Å².